The van der Waals surface area contributed by atoms with Crippen molar-refractivity contribution in [3.8, 4) is 0 Å². The average Bonchev–Trinajstić information content (AvgIpc) is 3.08. The second-order valence-corrected chi connectivity index (χ2v) is 6.02. The van der Waals surface area contributed by atoms with E-state index in [9.17, 15) is 4.79 Å². The highest BCUT2D eigenvalue weighted by molar-refractivity contribution is 5.85. The number of halogens is 1. The number of aromatic nitrogens is 1. The molecule has 0 saturated carbocycles. The van der Waals surface area contributed by atoms with Crippen LogP contribution in [0.1, 0.15) is 25.3 Å². The molecule has 2 fully saturated rings. The Morgan fingerprint density at radius 3 is 3.04 bits per heavy atom. The molecule has 2 aliphatic heterocycles. The van der Waals surface area contributed by atoms with Crippen LogP contribution in [-0.2, 0) is 16.1 Å². The van der Waals surface area contributed by atoms with Gasteiger partial charge in [0, 0.05) is 25.8 Å². The molecule has 23 heavy (non-hydrogen) atoms. The molecule has 2 N–H and O–H groups in total. The fourth-order valence-electron chi connectivity index (χ4n) is 2.96. The molecule has 0 radical (unpaired) electrons. The van der Waals surface area contributed by atoms with Gasteiger partial charge >= 0.3 is 0 Å². The van der Waals surface area contributed by atoms with Gasteiger partial charge in [0.15, 0.2) is 0 Å². The fourth-order valence-corrected chi connectivity index (χ4v) is 2.96. The Balaban J connectivity index is 0.00000192. The van der Waals surface area contributed by atoms with Gasteiger partial charge in [0.2, 0.25) is 5.91 Å². The van der Waals surface area contributed by atoms with Gasteiger partial charge < -0.3 is 20.3 Å². The van der Waals surface area contributed by atoms with Crippen molar-refractivity contribution in [1.29, 1.82) is 0 Å². The molecule has 0 aromatic carbocycles. The molecule has 0 spiro atoms. The highest BCUT2D eigenvalue weighted by atomic mass is 35.5. The molecular weight excluding hydrogens is 316 g/mol. The molecule has 2 saturated heterocycles. The van der Waals surface area contributed by atoms with E-state index in [0.29, 0.717) is 6.54 Å². The lowest BCUT2D eigenvalue weighted by molar-refractivity contribution is -0.122. The molecule has 1 amide bonds. The van der Waals surface area contributed by atoms with Crippen molar-refractivity contribution in [2.75, 3.05) is 31.1 Å². The quantitative estimate of drug-likeness (QED) is 0.859. The van der Waals surface area contributed by atoms with E-state index in [1.54, 1.807) is 0 Å². The monoisotopic (exact) mass is 340 g/mol. The SMILES string of the molecule is CC1CN(c2ccc(CNC(=O)C3CCCN3)cn2)CCO1.Cl. The molecule has 2 atom stereocenters. The number of hydrogen-bond donors (Lipinski definition) is 2. The zero-order valence-electron chi connectivity index (χ0n) is 13.5. The highest BCUT2D eigenvalue weighted by Crippen LogP contribution is 2.15. The van der Waals surface area contributed by atoms with E-state index < -0.39 is 0 Å². The van der Waals surface area contributed by atoms with E-state index in [1.807, 2.05) is 18.3 Å². The molecule has 1 aromatic heterocycles. The number of carbonyl (C=O) groups excluding carboxylic acids is 1. The van der Waals surface area contributed by atoms with E-state index in [1.165, 1.54) is 0 Å². The molecule has 6 nitrogen and oxygen atoms in total. The number of rotatable bonds is 4. The Labute approximate surface area is 143 Å². The number of nitrogens with one attached hydrogen (secondary N) is 2. The average molecular weight is 341 g/mol. The lowest BCUT2D eigenvalue weighted by Crippen LogP contribution is -2.41. The molecule has 0 aliphatic carbocycles. The molecule has 7 heteroatoms. The summed E-state index contributed by atoms with van der Waals surface area (Å²) < 4.78 is 5.54. The van der Waals surface area contributed by atoms with Crippen molar-refractivity contribution in [3.05, 3.63) is 23.9 Å². The summed E-state index contributed by atoms with van der Waals surface area (Å²) in [5, 5.41) is 6.17. The van der Waals surface area contributed by atoms with Gasteiger partial charge in [0.1, 0.15) is 5.82 Å². The van der Waals surface area contributed by atoms with E-state index in [4.69, 9.17) is 4.74 Å². The van der Waals surface area contributed by atoms with Crippen LogP contribution < -0.4 is 15.5 Å². The van der Waals surface area contributed by atoms with Gasteiger partial charge in [-0.05, 0) is 37.9 Å². The van der Waals surface area contributed by atoms with Crippen LogP contribution in [0, 0.1) is 0 Å². The van der Waals surface area contributed by atoms with Crippen LogP contribution in [0.3, 0.4) is 0 Å². The molecule has 1 aromatic rings. The van der Waals surface area contributed by atoms with Crippen molar-refractivity contribution in [2.45, 2.75) is 38.5 Å². The zero-order chi connectivity index (χ0) is 15.4. The second kappa shape index (κ2) is 8.47. The molecule has 0 bridgehead atoms. The molecule has 2 aliphatic rings. The van der Waals surface area contributed by atoms with Crippen LogP contribution in [0.25, 0.3) is 0 Å². The van der Waals surface area contributed by atoms with Crippen molar-refractivity contribution in [1.82, 2.24) is 15.6 Å². The number of anilines is 1. The summed E-state index contributed by atoms with van der Waals surface area (Å²) in [5.74, 6) is 1.06. The van der Waals surface area contributed by atoms with E-state index in [-0.39, 0.29) is 30.5 Å². The van der Waals surface area contributed by atoms with Crippen LogP contribution in [0.2, 0.25) is 0 Å². The van der Waals surface area contributed by atoms with E-state index in [2.05, 4.69) is 27.4 Å². The number of amides is 1. The lowest BCUT2D eigenvalue weighted by Gasteiger charge is -2.32. The van der Waals surface area contributed by atoms with Crippen molar-refractivity contribution < 1.29 is 9.53 Å². The summed E-state index contributed by atoms with van der Waals surface area (Å²) >= 11 is 0. The predicted octanol–water partition coefficient (Wildman–Crippen LogP) is 1.10. The summed E-state index contributed by atoms with van der Waals surface area (Å²) in [7, 11) is 0. The van der Waals surface area contributed by atoms with Gasteiger partial charge in [-0.15, -0.1) is 12.4 Å². The summed E-state index contributed by atoms with van der Waals surface area (Å²) in [5.41, 5.74) is 1.02. The smallest absolute Gasteiger partial charge is 0.237 e. The first-order chi connectivity index (χ1) is 10.7. The molecule has 3 rings (SSSR count). The topological polar surface area (TPSA) is 66.5 Å². The maximum atomic E-state index is 12.0. The van der Waals surface area contributed by atoms with Gasteiger partial charge in [-0.3, -0.25) is 4.79 Å². The third-order valence-corrected chi connectivity index (χ3v) is 4.22. The highest BCUT2D eigenvalue weighted by Gasteiger charge is 2.21. The first-order valence-corrected chi connectivity index (χ1v) is 8.05. The lowest BCUT2D eigenvalue weighted by atomic mass is 10.2. The van der Waals surface area contributed by atoms with Crippen LogP contribution in [-0.4, -0.2) is 49.3 Å². The normalized spacial score (nSPS) is 24.1. The van der Waals surface area contributed by atoms with Gasteiger partial charge in [0.05, 0.1) is 18.8 Å². The van der Waals surface area contributed by atoms with Gasteiger partial charge in [0.25, 0.3) is 0 Å². The van der Waals surface area contributed by atoms with Crippen LogP contribution in [0.4, 0.5) is 5.82 Å². The maximum absolute atomic E-state index is 12.0. The molecule has 3 heterocycles. The number of ether oxygens (including phenoxy) is 1. The number of nitrogens with zero attached hydrogens (tertiary/aromatic N) is 2. The zero-order valence-corrected chi connectivity index (χ0v) is 14.3. The minimum absolute atomic E-state index is 0. The van der Waals surface area contributed by atoms with Gasteiger partial charge in [-0.2, -0.15) is 0 Å². The van der Waals surface area contributed by atoms with Gasteiger partial charge in [-0.1, -0.05) is 6.07 Å². The summed E-state index contributed by atoms with van der Waals surface area (Å²) in [6.45, 7) is 6.04. The Morgan fingerprint density at radius 1 is 1.52 bits per heavy atom. The summed E-state index contributed by atoms with van der Waals surface area (Å²) in [4.78, 5) is 18.7. The molecular formula is C16H25ClN4O2. The second-order valence-electron chi connectivity index (χ2n) is 6.02. The predicted molar refractivity (Wildman–Crippen MR) is 92.0 cm³/mol. The third kappa shape index (κ3) is 4.80. The van der Waals surface area contributed by atoms with Crippen molar-refractivity contribution in [2.24, 2.45) is 0 Å². The van der Waals surface area contributed by atoms with Crippen molar-refractivity contribution in [3.63, 3.8) is 0 Å². The van der Waals surface area contributed by atoms with E-state index in [0.717, 1.165) is 50.5 Å². The summed E-state index contributed by atoms with van der Waals surface area (Å²) in [6, 6.07) is 4.03. The molecule has 128 valence electrons. The third-order valence-electron chi connectivity index (χ3n) is 4.22. The Kier molecular flexibility index (Phi) is 6.62. The largest absolute Gasteiger partial charge is 0.375 e. The fraction of sp³-hybridized carbons (Fsp3) is 0.625. The van der Waals surface area contributed by atoms with Gasteiger partial charge in [-0.25, -0.2) is 4.98 Å². The Morgan fingerprint density at radius 2 is 2.39 bits per heavy atom. The standard InChI is InChI=1S/C16H24N4O2.ClH/c1-12-11-20(7-8-22-12)15-5-4-13(9-18-15)10-19-16(21)14-3-2-6-17-14;/h4-5,9,12,14,17H,2-3,6-8,10-11H2,1H3,(H,19,21);1H. The van der Waals surface area contributed by atoms with Crippen LogP contribution in [0.15, 0.2) is 18.3 Å². The first-order valence-electron chi connectivity index (χ1n) is 8.05. The van der Waals surface area contributed by atoms with Crippen molar-refractivity contribution >= 4 is 24.1 Å². The number of hydrogen-bond acceptors (Lipinski definition) is 5. The first kappa shape index (κ1) is 18.0. The molecule has 2 unspecified atom stereocenters. The number of carbonyl (C=O) groups is 1. The Hall–Kier alpha value is -1.37. The van der Waals surface area contributed by atoms with Crippen LogP contribution >= 0.6 is 12.4 Å². The number of morpholine rings is 1. The Bertz CT molecular complexity index is 505. The van der Waals surface area contributed by atoms with E-state index >= 15 is 0 Å². The minimum atomic E-state index is -0.0259. The van der Waals surface area contributed by atoms with Crippen LogP contribution in [0.5, 0.6) is 0 Å². The minimum Gasteiger partial charge on any atom is -0.375 e. The summed E-state index contributed by atoms with van der Waals surface area (Å²) in [6.07, 6.45) is 4.09. The number of pyridine rings is 1. The maximum Gasteiger partial charge on any atom is 0.237 e.